The highest BCUT2D eigenvalue weighted by atomic mass is 127. The molecule has 0 unspecified atom stereocenters. The van der Waals surface area contributed by atoms with Gasteiger partial charge in [0.1, 0.15) is 5.75 Å². The van der Waals surface area contributed by atoms with E-state index in [2.05, 4.69) is 38.5 Å². The molecule has 2 nitrogen and oxygen atoms in total. The molecular weight excluding hydrogens is 407 g/mol. The van der Waals surface area contributed by atoms with E-state index in [0.29, 0.717) is 11.3 Å². The van der Waals surface area contributed by atoms with Crippen LogP contribution < -0.4 is 4.74 Å². The van der Waals surface area contributed by atoms with Crippen LogP contribution in [0.3, 0.4) is 0 Å². The molecule has 0 heterocycles. The van der Waals surface area contributed by atoms with E-state index in [-0.39, 0.29) is 5.97 Å². The molecule has 0 aromatic heterocycles. The molecule has 2 aromatic rings. The van der Waals surface area contributed by atoms with Crippen LogP contribution in [-0.4, -0.2) is 5.97 Å². The Morgan fingerprint density at radius 2 is 1.83 bits per heavy atom. The minimum absolute atomic E-state index is 0.338. The molecule has 0 aliphatic carbocycles. The third-order valence-corrected chi connectivity index (χ3v) is 4.12. The van der Waals surface area contributed by atoms with Crippen LogP contribution in [0.25, 0.3) is 0 Å². The van der Waals surface area contributed by atoms with Crippen LogP contribution in [0.5, 0.6) is 5.75 Å². The SMILES string of the molecule is Cc1ccc(C(=O)Oc2ccc(Br)cc2)cc1I. The number of hydrogen-bond donors (Lipinski definition) is 0. The zero-order valence-electron chi connectivity index (χ0n) is 9.61. The van der Waals surface area contributed by atoms with Crippen molar-refractivity contribution in [2.24, 2.45) is 0 Å². The van der Waals surface area contributed by atoms with Gasteiger partial charge in [0, 0.05) is 8.04 Å². The van der Waals surface area contributed by atoms with Gasteiger partial charge in [-0.2, -0.15) is 0 Å². The summed E-state index contributed by atoms with van der Waals surface area (Å²) in [5, 5.41) is 0. The summed E-state index contributed by atoms with van der Waals surface area (Å²) in [5.41, 5.74) is 1.71. The standard InChI is InChI=1S/C14H10BrIO2/c1-9-2-3-10(8-13(9)16)14(17)18-12-6-4-11(15)5-7-12/h2-8H,1H3. The molecule has 0 aliphatic heterocycles. The van der Waals surface area contributed by atoms with Crippen LogP contribution >= 0.6 is 38.5 Å². The third kappa shape index (κ3) is 3.32. The molecular formula is C14H10BrIO2. The van der Waals surface area contributed by atoms with E-state index in [0.717, 1.165) is 13.6 Å². The molecule has 0 saturated heterocycles. The van der Waals surface area contributed by atoms with Gasteiger partial charge in [-0.15, -0.1) is 0 Å². The average molecular weight is 417 g/mol. The maximum atomic E-state index is 11.9. The number of aryl methyl sites for hydroxylation is 1. The first-order valence-corrected chi connectivity index (χ1v) is 7.17. The summed E-state index contributed by atoms with van der Waals surface area (Å²) in [7, 11) is 0. The summed E-state index contributed by atoms with van der Waals surface area (Å²) in [5.74, 6) is 0.203. The monoisotopic (exact) mass is 416 g/mol. The fourth-order valence-corrected chi connectivity index (χ4v) is 2.17. The normalized spacial score (nSPS) is 10.2. The topological polar surface area (TPSA) is 26.3 Å². The van der Waals surface area contributed by atoms with Crippen molar-refractivity contribution in [2.75, 3.05) is 0 Å². The van der Waals surface area contributed by atoms with Crippen LogP contribution in [0.2, 0.25) is 0 Å². The van der Waals surface area contributed by atoms with Gasteiger partial charge in [0.25, 0.3) is 0 Å². The van der Waals surface area contributed by atoms with Gasteiger partial charge in [-0.1, -0.05) is 22.0 Å². The summed E-state index contributed by atoms with van der Waals surface area (Å²) in [6, 6.07) is 12.7. The van der Waals surface area contributed by atoms with E-state index in [1.165, 1.54) is 0 Å². The first kappa shape index (κ1) is 13.5. The van der Waals surface area contributed by atoms with Gasteiger partial charge in [-0.05, 0) is 71.5 Å². The van der Waals surface area contributed by atoms with Crippen molar-refractivity contribution in [1.82, 2.24) is 0 Å². The van der Waals surface area contributed by atoms with E-state index in [1.807, 2.05) is 31.2 Å². The fraction of sp³-hybridized carbons (Fsp3) is 0.0714. The molecule has 2 aromatic carbocycles. The second-order valence-corrected chi connectivity index (χ2v) is 5.89. The first-order chi connectivity index (χ1) is 8.56. The van der Waals surface area contributed by atoms with E-state index >= 15 is 0 Å². The molecule has 18 heavy (non-hydrogen) atoms. The number of carbonyl (C=O) groups is 1. The molecule has 0 bridgehead atoms. The minimum atomic E-state index is -0.338. The number of ether oxygens (including phenoxy) is 1. The predicted octanol–water partition coefficient (Wildman–Crippen LogP) is 4.58. The third-order valence-electron chi connectivity index (χ3n) is 2.43. The molecule has 0 spiro atoms. The number of esters is 1. The Hall–Kier alpha value is -0.880. The highest BCUT2D eigenvalue weighted by molar-refractivity contribution is 14.1. The van der Waals surface area contributed by atoms with Gasteiger partial charge in [0.2, 0.25) is 0 Å². The number of rotatable bonds is 2. The van der Waals surface area contributed by atoms with Crippen molar-refractivity contribution in [3.8, 4) is 5.75 Å². The summed E-state index contributed by atoms with van der Waals surface area (Å²) in [6.45, 7) is 2.01. The van der Waals surface area contributed by atoms with Gasteiger partial charge in [0.05, 0.1) is 5.56 Å². The van der Waals surface area contributed by atoms with Crippen molar-refractivity contribution >= 4 is 44.5 Å². The van der Waals surface area contributed by atoms with Crippen LogP contribution in [-0.2, 0) is 0 Å². The lowest BCUT2D eigenvalue weighted by molar-refractivity contribution is 0.0734. The van der Waals surface area contributed by atoms with Crippen molar-refractivity contribution in [3.63, 3.8) is 0 Å². The molecule has 4 heteroatoms. The van der Waals surface area contributed by atoms with Gasteiger partial charge < -0.3 is 4.74 Å². The van der Waals surface area contributed by atoms with Gasteiger partial charge in [-0.3, -0.25) is 0 Å². The Morgan fingerprint density at radius 3 is 2.44 bits per heavy atom. The van der Waals surface area contributed by atoms with Crippen molar-refractivity contribution in [2.45, 2.75) is 6.92 Å². The number of hydrogen-bond acceptors (Lipinski definition) is 2. The predicted molar refractivity (Wildman–Crippen MR) is 83.0 cm³/mol. The maximum absolute atomic E-state index is 11.9. The lowest BCUT2D eigenvalue weighted by Crippen LogP contribution is -2.08. The van der Waals surface area contributed by atoms with Crippen LogP contribution in [0.15, 0.2) is 46.9 Å². The van der Waals surface area contributed by atoms with Crippen molar-refractivity contribution in [3.05, 3.63) is 61.6 Å². The van der Waals surface area contributed by atoms with Gasteiger partial charge in [0.15, 0.2) is 0 Å². The number of carbonyl (C=O) groups excluding carboxylic acids is 1. The maximum Gasteiger partial charge on any atom is 0.343 e. The Balaban J connectivity index is 2.16. The molecule has 0 fully saturated rings. The summed E-state index contributed by atoms with van der Waals surface area (Å²) in [4.78, 5) is 11.9. The number of benzene rings is 2. The zero-order chi connectivity index (χ0) is 13.1. The van der Waals surface area contributed by atoms with Crippen LogP contribution in [0, 0.1) is 10.5 Å². The molecule has 92 valence electrons. The van der Waals surface area contributed by atoms with Crippen LogP contribution in [0.4, 0.5) is 0 Å². The van der Waals surface area contributed by atoms with Crippen LogP contribution in [0.1, 0.15) is 15.9 Å². The van der Waals surface area contributed by atoms with Gasteiger partial charge >= 0.3 is 5.97 Å². The Morgan fingerprint density at radius 1 is 1.17 bits per heavy atom. The zero-order valence-corrected chi connectivity index (χ0v) is 13.4. The lowest BCUT2D eigenvalue weighted by atomic mass is 10.1. The first-order valence-electron chi connectivity index (χ1n) is 5.30. The average Bonchev–Trinajstić information content (AvgIpc) is 2.35. The molecule has 2 rings (SSSR count). The fourth-order valence-electron chi connectivity index (χ4n) is 1.39. The van der Waals surface area contributed by atoms with E-state index in [1.54, 1.807) is 18.2 Å². The quantitative estimate of drug-likeness (QED) is 0.407. The minimum Gasteiger partial charge on any atom is -0.423 e. The molecule has 0 radical (unpaired) electrons. The molecule has 0 amide bonds. The highest BCUT2D eigenvalue weighted by Gasteiger charge is 2.09. The Bertz CT molecular complexity index is 579. The lowest BCUT2D eigenvalue weighted by Gasteiger charge is -2.05. The molecule has 0 N–H and O–H groups in total. The van der Waals surface area contributed by atoms with E-state index in [9.17, 15) is 4.79 Å². The largest absolute Gasteiger partial charge is 0.423 e. The molecule has 0 saturated carbocycles. The second-order valence-electron chi connectivity index (χ2n) is 3.81. The Labute approximate surface area is 128 Å². The number of halogens is 2. The second kappa shape index (κ2) is 5.84. The smallest absolute Gasteiger partial charge is 0.343 e. The summed E-state index contributed by atoms with van der Waals surface area (Å²) in [6.07, 6.45) is 0. The van der Waals surface area contributed by atoms with E-state index in [4.69, 9.17) is 4.74 Å². The summed E-state index contributed by atoms with van der Waals surface area (Å²) >= 11 is 5.54. The highest BCUT2D eigenvalue weighted by Crippen LogP contribution is 2.19. The summed E-state index contributed by atoms with van der Waals surface area (Å²) < 4.78 is 7.29. The van der Waals surface area contributed by atoms with Gasteiger partial charge in [-0.25, -0.2) is 4.79 Å². The molecule has 0 atom stereocenters. The Kier molecular flexibility index (Phi) is 4.40. The van der Waals surface area contributed by atoms with Crippen molar-refractivity contribution < 1.29 is 9.53 Å². The van der Waals surface area contributed by atoms with E-state index < -0.39 is 0 Å². The van der Waals surface area contributed by atoms with Crippen molar-refractivity contribution in [1.29, 1.82) is 0 Å². The molecule has 0 aliphatic rings.